The summed E-state index contributed by atoms with van der Waals surface area (Å²) in [6.07, 6.45) is 0.370. The Balaban J connectivity index is 2.37. The Hall–Kier alpha value is -1.42. The lowest BCUT2D eigenvalue weighted by Gasteiger charge is -2.26. The molecule has 1 fully saturated rings. The lowest BCUT2D eigenvalue weighted by Crippen LogP contribution is -2.32. The molecule has 92 valence electrons. The van der Waals surface area contributed by atoms with Gasteiger partial charge in [0.2, 0.25) is 5.91 Å². The van der Waals surface area contributed by atoms with Gasteiger partial charge in [-0.1, -0.05) is 12.1 Å². The Morgan fingerprint density at radius 3 is 2.82 bits per heavy atom. The van der Waals surface area contributed by atoms with Gasteiger partial charge in [-0.15, -0.1) is 0 Å². The predicted molar refractivity (Wildman–Crippen MR) is 63.9 cm³/mol. The van der Waals surface area contributed by atoms with Crippen LogP contribution in [0.3, 0.4) is 0 Å². The van der Waals surface area contributed by atoms with Gasteiger partial charge in [-0.25, -0.2) is 4.39 Å². The highest BCUT2D eigenvalue weighted by molar-refractivity contribution is 5.80. The third-order valence-corrected chi connectivity index (χ3v) is 3.34. The number of carbonyl (C=O) groups is 1. The third kappa shape index (κ3) is 2.05. The highest BCUT2D eigenvalue weighted by atomic mass is 19.1. The molecule has 0 spiro atoms. The van der Waals surface area contributed by atoms with Crippen LogP contribution >= 0.6 is 0 Å². The summed E-state index contributed by atoms with van der Waals surface area (Å²) in [7, 11) is 0. The highest BCUT2D eigenvalue weighted by Gasteiger charge is 2.37. The molecule has 2 N–H and O–H groups in total. The van der Waals surface area contributed by atoms with E-state index in [0.29, 0.717) is 18.5 Å². The summed E-state index contributed by atoms with van der Waals surface area (Å²) in [4.78, 5) is 13.5. The lowest BCUT2D eigenvalue weighted by atomic mass is 9.99. The van der Waals surface area contributed by atoms with E-state index in [4.69, 9.17) is 5.73 Å². The van der Waals surface area contributed by atoms with Crippen molar-refractivity contribution in [2.45, 2.75) is 32.4 Å². The quantitative estimate of drug-likeness (QED) is 0.850. The number of benzene rings is 1. The standard InChI is InChI=1S/C13H17FN2O/c1-3-16-12(17)7-11(15)13(16)9-4-5-10(14)8(2)6-9/h4-6,11,13H,3,7,15H2,1-2H3. The Labute approximate surface area is 100 Å². The maximum Gasteiger partial charge on any atom is 0.224 e. The van der Waals surface area contributed by atoms with E-state index in [1.165, 1.54) is 6.07 Å². The van der Waals surface area contributed by atoms with Crippen LogP contribution in [0.15, 0.2) is 18.2 Å². The molecule has 1 amide bonds. The van der Waals surface area contributed by atoms with E-state index in [9.17, 15) is 9.18 Å². The number of amides is 1. The van der Waals surface area contributed by atoms with Crippen LogP contribution in [-0.4, -0.2) is 23.4 Å². The van der Waals surface area contributed by atoms with Crippen molar-refractivity contribution in [2.24, 2.45) is 5.73 Å². The number of hydrogen-bond donors (Lipinski definition) is 1. The summed E-state index contributed by atoms with van der Waals surface area (Å²) < 4.78 is 13.2. The molecule has 0 radical (unpaired) electrons. The first-order chi connectivity index (χ1) is 8.04. The first-order valence-electron chi connectivity index (χ1n) is 5.85. The van der Waals surface area contributed by atoms with E-state index in [2.05, 4.69) is 0 Å². The minimum atomic E-state index is -0.227. The molecule has 2 unspecified atom stereocenters. The summed E-state index contributed by atoms with van der Waals surface area (Å²) in [6.45, 7) is 4.28. The number of likely N-dealkylation sites (tertiary alicyclic amines) is 1. The Kier molecular flexibility index (Phi) is 3.15. The zero-order chi connectivity index (χ0) is 12.6. The number of nitrogens with two attached hydrogens (primary N) is 1. The van der Waals surface area contributed by atoms with E-state index in [-0.39, 0.29) is 23.8 Å². The van der Waals surface area contributed by atoms with E-state index in [0.717, 1.165) is 5.56 Å². The van der Waals surface area contributed by atoms with Crippen LogP contribution in [0.1, 0.15) is 30.5 Å². The van der Waals surface area contributed by atoms with E-state index < -0.39 is 0 Å². The van der Waals surface area contributed by atoms with E-state index >= 15 is 0 Å². The summed E-state index contributed by atoms with van der Waals surface area (Å²) in [5.41, 5.74) is 7.51. The van der Waals surface area contributed by atoms with Crippen molar-refractivity contribution >= 4 is 5.91 Å². The van der Waals surface area contributed by atoms with Gasteiger partial charge in [0.15, 0.2) is 0 Å². The molecule has 1 aliphatic rings. The second-order valence-electron chi connectivity index (χ2n) is 4.50. The molecule has 1 heterocycles. The van der Waals surface area contributed by atoms with Gasteiger partial charge < -0.3 is 10.6 Å². The number of likely N-dealkylation sites (N-methyl/N-ethyl adjacent to an activating group) is 1. The van der Waals surface area contributed by atoms with Crippen molar-refractivity contribution in [3.05, 3.63) is 35.1 Å². The molecule has 1 aromatic carbocycles. The molecule has 1 aliphatic heterocycles. The number of halogens is 1. The molecule has 2 atom stereocenters. The Morgan fingerprint density at radius 2 is 2.24 bits per heavy atom. The first kappa shape index (κ1) is 12.0. The third-order valence-electron chi connectivity index (χ3n) is 3.34. The van der Waals surface area contributed by atoms with Gasteiger partial charge >= 0.3 is 0 Å². The second kappa shape index (κ2) is 4.45. The summed E-state index contributed by atoms with van der Waals surface area (Å²) in [5, 5.41) is 0. The number of aryl methyl sites for hydroxylation is 1. The summed E-state index contributed by atoms with van der Waals surface area (Å²) in [5.74, 6) is -0.151. The predicted octanol–water partition coefficient (Wildman–Crippen LogP) is 1.75. The molecule has 2 rings (SSSR count). The Bertz CT molecular complexity index is 447. The molecule has 3 nitrogen and oxygen atoms in total. The number of nitrogens with zero attached hydrogens (tertiary/aromatic N) is 1. The molecule has 0 saturated carbocycles. The second-order valence-corrected chi connectivity index (χ2v) is 4.50. The van der Waals surface area contributed by atoms with Crippen LogP contribution in [-0.2, 0) is 4.79 Å². The highest BCUT2D eigenvalue weighted by Crippen LogP contribution is 2.32. The van der Waals surface area contributed by atoms with Crippen LogP contribution in [0.2, 0.25) is 0 Å². The van der Waals surface area contributed by atoms with Crippen molar-refractivity contribution < 1.29 is 9.18 Å². The van der Waals surface area contributed by atoms with Crippen molar-refractivity contribution in [3.63, 3.8) is 0 Å². The molecular formula is C13H17FN2O. The van der Waals surface area contributed by atoms with Gasteiger partial charge in [-0.2, -0.15) is 0 Å². The first-order valence-corrected chi connectivity index (χ1v) is 5.85. The topological polar surface area (TPSA) is 46.3 Å². The molecule has 0 aliphatic carbocycles. The average Bonchev–Trinajstić information content (AvgIpc) is 2.57. The van der Waals surface area contributed by atoms with Crippen LogP contribution in [0, 0.1) is 12.7 Å². The number of hydrogen-bond acceptors (Lipinski definition) is 2. The maximum absolute atomic E-state index is 13.2. The van der Waals surface area contributed by atoms with Crippen LogP contribution in [0.25, 0.3) is 0 Å². The molecule has 1 saturated heterocycles. The van der Waals surface area contributed by atoms with Gasteiger partial charge in [0.1, 0.15) is 5.82 Å². The monoisotopic (exact) mass is 236 g/mol. The minimum Gasteiger partial charge on any atom is -0.334 e. The fraction of sp³-hybridized carbons (Fsp3) is 0.462. The summed E-state index contributed by atoms with van der Waals surface area (Å²) in [6, 6.07) is 4.61. The van der Waals surface area contributed by atoms with E-state index in [1.807, 2.05) is 6.92 Å². The zero-order valence-electron chi connectivity index (χ0n) is 10.1. The fourth-order valence-electron chi connectivity index (χ4n) is 2.47. The largest absolute Gasteiger partial charge is 0.334 e. The molecular weight excluding hydrogens is 219 g/mol. The van der Waals surface area contributed by atoms with Gasteiger partial charge in [0.05, 0.1) is 6.04 Å². The van der Waals surface area contributed by atoms with Gasteiger partial charge in [-0.05, 0) is 31.0 Å². The normalized spacial score (nSPS) is 24.5. The lowest BCUT2D eigenvalue weighted by molar-refractivity contribution is -0.128. The SMILES string of the molecule is CCN1C(=O)CC(N)C1c1ccc(F)c(C)c1. The average molecular weight is 236 g/mol. The molecule has 4 heteroatoms. The number of rotatable bonds is 2. The Morgan fingerprint density at radius 1 is 1.53 bits per heavy atom. The number of carbonyl (C=O) groups excluding carboxylic acids is 1. The molecule has 0 aromatic heterocycles. The summed E-state index contributed by atoms with van der Waals surface area (Å²) >= 11 is 0. The van der Waals surface area contributed by atoms with E-state index in [1.54, 1.807) is 24.0 Å². The van der Waals surface area contributed by atoms with Crippen molar-refractivity contribution in [2.75, 3.05) is 6.54 Å². The van der Waals surface area contributed by atoms with Crippen LogP contribution < -0.4 is 5.73 Å². The van der Waals surface area contributed by atoms with Crippen LogP contribution in [0.4, 0.5) is 4.39 Å². The van der Waals surface area contributed by atoms with Gasteiger partial charge in [0, 0.05) is 19.0 Å². The fourth-order valence-corrected chi connectivity index (χ4v) is 2.47. The molecule has 17 heavy (non-hydrogen) atoms. The minimum absolute atomic E-state index is 0.0759. The van der Waals surface area contributed by atoms with Gasteiger partial charge in [0.25, 0.3) is 0 Å². The van der Waals surface area contributed by atoms with Crippen molar-refractivity contribution in [1.29, 1.82) is 0 Å². The van der Waals surface area contributed by atoms with Crippen LogP contribution in [0.5, 0.6) is 0 Å². The maximum atomic E-state index is 13.2. The molecule has 0 bridgehead atoms. The van der Waals surface area contributed by atoms with Gasteiger partial charge in [-0.3, -0.25) is 4.79 Å². The smallest absolute Gasteiger partial charge is 0.224 e. The molecule has 1 aromatic rings. The van der Waals surface area contributed by atoms with Crippen molar-refractivity contribution in [1.82, 2.24) is 4.90 Å². The zero-order valence-corrected chi connectivity index (χ0v) is 10.1. The van der Waals surface area contributed by atoms with Crippen molar-refractivity contribution in [3.8, 4) is 0 Å².